The van der Waals surface area contributed by atoms with Gasteiger partial charge in [-0.25, -0.2) is 4.79 Å². The lowest BCUT2D eigenvalue weighted by atomic mass is 10.1. The summed E-state index contributed by atoms with van der Waals surface area (Å²) in [6.07, 6.45) is 2.42. The fraction of sp³-hybridized carbons (Fsp3) is 0.917. The number of carbonyl (C=O) groups excluding carboxylic acids is 1. The molecule has 0 bridgehead atoms. The molecule has 0 radical (unpaired) electrons. The van der Waals surface area contributed by atoms with Gasteiger partial charge in [0.25, 0.3) is 0 Å². The molecule has 2 unspecified atom stereocenters. The van der Waals surface area contributed by atoms with E-state index < -0.39 is 0 Å². The van der Waals surface area contributed by atoms with Crippen molar-refractivity contribution in [3.05, 3.63) is 0 Å². The number of piperazine rings is 1. The average Bonchev–Trinajstić information content (AvgIpc) is 2.57. The predicted molar refractivity (Wildman–Crippen MR) is 64.4 cm³/mol. The number of nitrogens with zero attached hydrogens (tertiary/aromatic N) is 2. The van der Waals surface area contributed by atoms with Crippen molar-refractivity contribution in [3.8, 4) is 0 Å². The van der Waals surface area contributed by atoms with Crippen molar-refractivity contribution in [1.82, 2.24) is 15.1 Å². The Balaban J connectivity index is 1.89. The van der Waals surface area contributed by atoms with Gasteiger partial charge in [0.05, 0.1) is 6.04 Å². The van der Waals surface area contributed by atoms with E-state index in [0.717, 1.165) is 32.7 Å². The highest BCUT2D eigenvalue weighted by molar-refractivity contribution is 5.77. The van der Waals surface area contributed by atoms with E-state index in [4.69, 9.17) is 0 Å². The summed E-state index contributed by atoms with van der Waals surface area (Å²) in [4.78, 5) is 16.2. The zero-order valence-corrected chi connectivity index (χ0v) is 10.4. The largest absolute Gasteiger partial charge is 0.322 e. The van der Waals surface area contributed by atoms with Crippen molar-refractivity contribution < 1.29 is 4.79 Å². The lowest BCUT2D eigenvalue weighted by Crippen LogP contribution is -2.49. The molecule has 2 aliphatic heterocycles. The molecule has 2 saturated heterocycles. The molecule has 0 aromatic carbocycles. The van der Waals surface area contributed by atoms with Crippen molar-refractivity contribution in [2.45, 2.75) is 32.7 Å². The molecule has 0 aromatic heterocycles. The highest BCUT2D eigenvalue weighted by Gasteiger charge is 2.38. The molecule has 2 heterocycles. The second kappa shape index (κ2) is 5.04. The topological polar surface area (TPSA) is 35.6 Å². The van der Waals surface area contributed by atoms with E-state index in [2.05, 4.69) is 19.2 Å². The number of rotatable bonds is 4. The monoisotopic (exact) mass is 225 g/mol. The number of carbonyl (C=O) groups is 1. The van der Waals surface area contributed by atoms with Gasteiger partial charge in [0, 0.05) is 32.7 Å². The summed E-state index contributed by atoms with van der Waals surface area (Å²) in [6.45, 7) is 9.08. The normalized spacial score (nSPS) is 27.1. The Morgan fingerprint density at radius 1 is 1.56 bits per heavy atom. The summed E-state index contributed by atoms with van der Waals surface area (Å²) >= 11 is 0. The zero-order chi connectivity index (χ0) is 11.5. The first-order chi connectivity index (χ1) is 7.72. The molecule has 2 rings (SSSR count). The van der Waals surface area contributed by atoms with Gasteiger partial charge >= 0.3 is 6.03 Å². The number of hydrogen-bond donors (Lipinski definition) is 1. The van der Waals surface area contributed by atoms with Crippen LogP contribution in [-0.2, 0) is 0 Å². The molecule has 0 spiro atoms. The van der Waals surface area contributed by atoms with Gasteiger partial charge in [0.15, 0.2) is 0 Å². The van der Waals surface area contributed by atoms with E-state index in [1.54, 1.807) is 0 Å². The first-order valence-electron chi connectivity index (χ1n) is 6.48. The summed E-state index contributed by atoms with van der Waals surface area (Å²) in [6, 6.07) is 0.671. The van der Waals surface area contributed by atoms with Gasteiger partial charge in [0.1, 0.15) is 0 Å². The fourth-order valence-electron chi connectivity index (χ4n) is 2.80. The molecule has 0 aromatic rings. The Labute approximate surface area is 98.0 Å². The highest BCUT2D eigenvalue weighted by Crippen LogP contribution is 2.19. The first-order valence-corrected chi connectivity index (χ1v) is 6.48. The molecular weight excluding hydrogens is 202 g/mol. The van der Waals surface area contributed by atoms with Crippen molar-refractivity contribution in [1.29, 1.82) is 0 Å². The van der Waals surface area contributed by atoms with Crippen LogP contribution in [0.2, 0.25) is 0 Å². The number of hydrogen-bond acceptors (Lipinski definition) is 2. The Kier molecular flexibility index (Phi) is 3.69. The third kappa shape index (κ3) is 2.32. The van der Waals surface area contributed by atoms with Crippen LogP contribution < -0.4 is 5.32 Å². The van der Waals surface area contributed by atoms with Crippen LogP contribution in [0.25, 0.3) is 0 Å². The SMILES string of the molecule is CCCC(C)CN1CC2CNCCN2C1=O. The van der Waals surface area contributed by atoms with E-state index in [1.807, 2.05) is 9.80 Å². The van der Waals surface area contributed by atoms with Gasteiger partial charge < -0.3 is 15.1 Å². The quantitative estimate of drug-likeness (QED) is 0.778. The Morgan fingerprint density at radius 2 is 2.38 bits per heavy atom. The van der Waals surface area contributed by atoms with Crippen LogP contribution in [0.1, 0.15) is 26.7 Å². The van der Waals surface area contributed by atoms with Crippen LogP contribution in [0, 0.1) is 5.92 Å². The smallest absolute Gasteiger partial charge is 0.320 e. The maximum atomic E-state index is 12.1. The molecule has 4 heteroatoms. The summed E-state index contributed by atoms with van der Waals surface area (Å²) in [5.74, 6) is 0.628. The van der Waals surface area contributed by atoms with E-state index >= 15 is 0 Å². The molecule has 0 saturated carbocycles. The minimum absolute atomic E-state index is 0.259. The molecular formula is C12H23N3O. The number of urea groups is 1. The summed E-state index contributed by atoms with van der Waals surface area (Å²) in [5, 5.41) is 3.36. The molecule has 2 fully saturated rings. The molecule has 2 atom stereocenters. The number of nitrogens with one attached hydrogen (secondary N) is 1. The summed E-state index contributed by atoms with van der Waals surface area (Å²) < 4.78 is 0. The van der Waals surface area contributed by atoms with Crippen molar-refractivity contribution in [2.75, 3.05) is 32.7 Å². The van der Waals surface area contributed by atoms with Gasteiger partial charge in [0.2, 0.25) is 0 Å². The van der Waals surface area contributed by atoms with Crippen molar-refractivity contribution in [2.24, 2.45) is 5.92 Å². The van der Waals surface area contributed by atoms with Crippen LogP contribution in [0.4, 0.5) is 4.79 Å². The van der Waals surface area contributed by atoms with E-state index in [-0.39, 0.29) is 6.03 Å². The maximum Gasteiger partial charge on any atom is 0.320 e. The molecule has 16 heavy (non-hydrogen) atoms. The minimum atomic E-state index is 0.259. The second-order valence-electron chi connectivity index (χ2n) is 5.13. The fourth-order valence-corrected chi connectivity index (χ4v) is 2.80. The van der Waals surface area contributed by atoms with Crippen LogP contribution in [0.15, 0.2) is 0 Å². The van der Waals surface area contributed by atoms with Crippen molar-refractivity contribution in [3.63, 3.8) is 0 Å². The standard InChI is InChI=1S/C12H23N3O/c1-3-4-10(2)8-14-9-11-7-13-5-6-15(11)12(14)16/h10-11,13H,3-9H2,1-2H3. The average molecular weight is 225 g/mol. The molecule has 1 N–H and O–H groups in total. The van der Waals surface area contributed by atoms with E-state index in [9.17, 15) is 4.79 Å². The van der Waals surface area contributed by atoms with Crippen LogP contribution in [-0.4, -0.2) is 54.6 Å². The zero-order valence-electron chi connectivity index (χ0n) is 10.4. The lowest BCUT2D eigenvalue weighted by Gasteiger charge is -2.28. The minimum Gasteiger partial charge on any atom is -0.322 e. The Morgan fingerprint density at radius 3 is 3.06 bits per heavy atom. The third-order valence-electron chi connectivity index (χ3n) is 3.61. The van der Waals surface area contributed by atoms with Gasteiger partial charge in [-0.05, 0) is 12.3 Å². The molecule has 92 valence electrons. The van der Waals surface area contributed by atoms with Crippen LogP contribution >= 0.6 is 0 Å². The second-order valence-corrected chi connectivity index (χ2v) is 5.13. The summed E-state index contributed by atoms with van der Waals surface area (Å²) in [7, 11) is 0. The Hall–Kier alpha value is -0.770. The van der Waals surface area contributed by atoms with E-state index in [1.165, 1.54) is 12.8 Å². The van der Waals surface area contributed by atoms with Gasteiger partial charge in [-0.15, -0.1) is 0 Å². The van der Waals surface area contributed by atoms with Crippen LogP contribution in [0.5, 0.6) is 0 Å². The van der Waals surface area contributed by atoms with Gasteiger partial charge in [-0.1, -0.05) is 20.3 Å². The first kappa shape index (κ1) is 11.7. The predicted octanol–water partition coefficient (Wildman–Crippen LogP) is 1.13. The number of amides is 2. The third-order valence-corrected chi connectivity index (χ3v) is 3.61. The van der Waals surface area contributed by atoms with E-state index in [0.29, 0.717) is 12.0 Å². The molecule has 4 nitrogen and oxygen atoms in total. The Bertz CT molecular complexity index is 257. The molecule has 2 aliphatic rings. The van der Waals surface area contributed by atoms with Gasteiger partial charge in [-0.2, -0.15) is 0 Å². The van der Waals surface area contributed by atoms with Crippen molar-refractivity contribution >= 4 is 6.03 Å². The molecule has 0 aliphatic carbocycles. The highest BCUT2D eigenvalue weighted by atomic mass is 16.2. The number of fused-ring (bicyclic) bond motifs is 1. The maximum absolute atomic E-state index is 12.1. The van der Waals surface area contributed by atoms with Crippen LogP contribution in [0.3, 0.4) is 0 Å². The lowest BCUT2D eigenvalue weighted by molar-refractivity contribution is 0.175. The molecule has 2 amide bonds. The summed E-state index contributed by atoms with van der Waals surface area (Å²) in [5.41, 5.74) is 0. The van der Waals surface area contributed by atoms with Gasteiger partial charge in [-0.3, -0.25) is 0 Å².